The minimum atomic E-state index is -0.375. The van der Waals surface area contributed by atoms with E-state index in [2.05, 4.69) is 31.5 Å². The first-order valence-corrected chi connectivity index (χ1v) is 11.0. The molecule has 2 heterocycles. The van der Waals surface area contributed by atoms with E-state index in [1.54, 1.807) is 24.3 Å². The normalized spacial score (nSPS) is 11.8. The molecule has 174 valence electrons. The number of anilines is 3. The lowest BCUT2D eigenvalue weighted by atomic mass is 10.0. The molecule has 34 heavy (non-hydrogen) atoms. The number of pyridine rings is 1. The predicted octanol–water partition coefficient (Wildman–Crippen LogP) is 5.20. The summed E-state index contributed by atoms with van der Waals surface area (Å²) in [5.41, 5.74) is 3.40. The van der Waals surface area contributed by atoms with Crippen molar-refractivity contribution >= 4 is 34.8 Å². The molecular formula is C25H27N7O2. The number of nitrogens with one attached hydrogen (secondary N) is 4. The van der Waals surface area contributed by atoms with Gasteiger partial charge in [0.2, 0.25) is 0 Å². The number of urea groups is 2. The van der Waals surface area contributed by atoms with Crippen molar-refractivity contribution in [3.05, 3.63) is 84.3 Å². The number of benzene rings is 2. The Balaban J connectivity index is 1.45. The fraction of sp³-hybridized carbons (Fsp3) is 0.200. The van der Waals surface area contributed by atoms with Crippen LogP contribution < -0.4 is 21.3 Å². The van der Waals surface area contributed by atoms with Crippen molar-refractivity contribution in [2.24, 2.45) is 5.92 Å². The molecule has 1 atom stereocenters. The third-order valence-corrected chi connectivity index (χ3v) is 5.35. The van der Waals surface area contributed by atoms with Gasteiger partial charge in [0.05, 0.1) is 6.04 Å². The van der Waals surface area contributed by atoms with Gasteiger partial charge in [-0.15, -0.1) is 10.2 Å². The van der Waals surface area contributed by atoms with E-state index in [9.17, 15) is 9.59 Å². The highest BCUT2D eigenvalue weighted by atomic mass is 16.2. The summed E-state index contributed by atoms with van der Waals surface area (Å²) >= 11 is 0. The van der Waals surface area contributed by atoms with Gasteiger partial charge in [0.25, 0.3) is 0 Å². The summed E-state index contributed by atoms with van der Waals surface area (Å²) in [6, 6.07) is 19.0. The van der Waals surface area contributed by atoms with Crippen LogP contribution in [-0.4, -0.2) is 26.7 Å². The largest absolute Gasteiger partial charge is 0.328 e. The Bertz CT molecular complexity index is 1300. The first-order valence-electron chi connectivity index (χ1n) is 11.0. The number of carbonyl (C=O) groups excluding carboxylic acids is 2. The van der Waals surface area contributed by atoms with Crippen LogP contribution in [0.25, 0.3) is 5.65 Å². The van der Waals surface area contributed by atoms with Crippen molar-refractivity contribution in [1.82, 2.24) is 19.9 Å². The summed E-state index contributed by atoms with van der Waals surface area (Å²) in [4.78, 5) is 25.2. The van der Waals surface area contributed by atoms with Gasteiger partial charge in [-0.25, -0.2) is 9.59 Å². The summed E-state index contributed by atoms with van der Waals surface area (Å²) in [5.74, 6) is 0.736. The highest BCUT2D eigenvalue weighted by Crippen LogP contribution is 2.23. The van der Waals surface area contributed by atoms with Crippen LogP contribution >= 0.6 is 0 Å². The fourth-order valence-corrected chi connectivity index (χ4v) is 3.55. The lowest BCUT2D eigenvalue weighted by Crippen LogP contribution is -2.36. The van der Waals surface area contributed by atoms with E-state index in [-0.39, 0.29) is 24.0 Å². The molecule has 0 fully saturated rings. The highest BCUT2D eigenvalue weighted by Gasteiger charge is 2.24. The van der Waals surface area contributed by atoms with Crippen LogP contribution in [0.15, 0.2) is 72.9 Å². The molecule has 0 saturated heterocycles. The smallest absolute Gasteiger partial charge is 0.323 e. The zero-order chi connectivity index (χ0) is 24.1. The lowest BCUT2D eigenvalue weighted by Gasteiger charge is -2.21. The van der Waals surface area contributed by atoms with Crippen LogP contribution in [0.4, 0.5) is 26.7 Å². The number of para-hydroxylation sites is 1. The van der Waals surface area contributed by atoms with E-state index in [0.717, 1.165) is 5.56 Å². The molecule has 9 heteroatoms. The average molecular weight is 458 g/mol. The third-order valence-electron chi connectivity index (χ3n) is 5.35. The average Bonchev–Trinajstić information content (AvgIpc) is 3.24. The van der Waals surface area contributed by atoms with E-state index >= 15 is 0 Å². The summed E-state index contributed by atoms with van der Waals surface area (Å²) in [6.45, 7) is 5.90. The van der Waals surface area contributed by atoms with E-state index in [0.29, 0.717) is 28.5 Å². The molecule has 9 nitrogen and oxygen atoms in total. The maximum absolute atomic E-state index is 12.9. The summed E-state index contributed by atoms with van der Waals surface area (Å²) in [5, 5.41) is 19.9. The Morgan fingerprint density at radius 3 is 2.32 bits per heavy atom. The molecule has 0 saturated carbocycles. The molecule has 0 bridgehead atoms. The molecule has 4 amide bonds. The quantitative estimate of drug-likeness (QED) is 0.319. The molecule has 2 aromatic heterocycles. The molecular weight excluding hydrogens is 430 g/mol. The van der Waals surface area contributed by atoms with Gasteiger partial charge in [-0.1, -0.05) is 44.2 Å². The molecule has 0 spiro atoms. The van der Waals surface area contributed by atoms with Gasteiger partial charge in [0, 0.05) is 23.3 Å². The lowest BCUT2D eigenvalue weighted by molar-refractivity contribution is 0.243. The van der Waals surface area contributed by atoms with Gasteiger partial charge in [-0.05, 0) is 54.8 Å². The number of hydrogen-bond acceptors (Lipinski definition) is 4. The molecule has 0 aliphatic heterocycles. The molecule has 4 N–H and O–H groups in total. The molecule has 4 rings (SSSR count). The zero-order valence-corrected chi connectivity index (χ0v) is 19.2. The Kier molecular flexibility index (Phi) is 6.72. The standard InChI is InChI=1S/C25H27N7O2/c1-16(2)22(23-31-30-21-11-7-8-14-32(21)23)29-25(34)28-20-15-19(13-12-17(20)3)27-24(33)26-18-9-5-4-6-10-18/h4-16,22H,1-3H3,(H2,26,27,33)(H2,28,29,34). The first-order chi connectivity index (χ1) is 16.4. The van der Waals surface area contributed by atoms with Gasteiger partial charge in [-0.3, -0.25) is 4.40 Å². The number of aryl methyl sites for hydroxylation is 1. The number of carbonyl (C=O) groups is 2. The van der Waals surface area contributed by atoms with E-state index in [1.807, 2.05) is 73.8 Å². The molecule has 0 radical (unpaired) electrons. The van der Waals surface area contributed by atoms with Crippen molar-refractivity contribution in [1.29, 1.82) is 0 Å². The van der Waals surface area contributed by atoms with Crippen LogP contribution in [0.3, 0.4) is 0 Å². The van der Waals surface area contributed by atoms with E-state index in [4.69, 9.17) is 0 Å². The van der Waals surface area contributed by atoms with Gasteiger partial charge in [0.15, 0.2) is 11.5 Å². The molecule has 1 unspecified atom stereocenters. The first kappa shape index (κ1) is 22.8. The summed E-state index contributed by atoms with van der Waals surface area (Å²) < 4.78 is 1.87. The molecule has 2 aromatic carbocycles. The number of aromatic nitrogens is 3. The second kappa shape index (κ2) is 10.0. The summed E-state index contributed by atoms with van der Waals surface area (Å²) in [6.07, 6.45) is 1.87. The minimum Gasteiger partial charge on any atom is -0.328 e. The molecule has 0 aliphatic rings. The number of rotatable bonds is 6. The second-order valence-corrected chi connectivity index (χ2v) is 8.28. The molecule has 0 aliphatic carbocycles. The zero-order valence-electron chi connectivity index (χ0n) is 19.2. The maximum Gasteiger partial charge on any atom is 0.323 e. The van der Waals surface area contributed by atoms with Crippen LogP contribution in [0, 0.1) is 12.8 Å². The molecule has 4 aromatic rings. The number of amides is 4. The SMILES string of the molecule is Cc1ccc(NC(=O)Nc2ccccc2)cc1NC(=O)NC(c1nnc2ccccn12)C(C)C. The van der Waals surface area contributed by atoms with Gasteiger partial charge in [-0.2, -0.15) is 0 Å². The number of nitrogens with zero attached hydrogens (tertiary/aromatic N) is 3. The highest BCUT2D eigenvalue weighted by molar-refractivity contribution is 6.00. The number of fused-ring (bicyclic) bond motifs is 1. The summed E-state index contributed by atoms with van der Waals surface area (Å²) in [7, 11) is 0. The van der Waals surface area contributed by atoms with Crippen LogP contribution in [0.5, 0.6) is 0 Å². The van der Waals surface area contributed by atoms with Crippen LogP contribution in [0.2, 0.25) is 0 Å². The van der Waals surface area contributed by atoms with Crippen molar-refractivity contribution in [3.63, 3.8) is 0 Å². The van der Waals surface area contributed by atoms with Crippen LogP contribution in [-0.2, 0) is 0 Å². The van der Waals surface area contributed by atoms with Crippen molar-refractivity contribution in [2.45, 2.75) is 26.8 Å². The van der Waals surface area contributed by atoms with Crippen molar-refractivity contribution in [3.8, 4) is 0 Å². The Morgan fingerprint density at radius 1 is 0.824 bits per heavy atom. The van der Waals surface area contributed by atoms with Crippen molar-refractivity contribution < 1.29 is 9.59 Å². The number of hydrogen-bond donors (Lipinski definition) is 4. The van der Waals surface area contributed by atoms with Crippen LogP contribution in [0.1, 0.15) is 31.3 Å². The third kappa shape index (κ3) is 5.32. The Hall–Kier alpha value is -4.40. The Labute approximate surface area is 197 Å². The predicted molar refractivity (Wildman–Crippen MR) is 133 cm³/mol. The van der Waals surface area contributed by atoms with Crippen molar-refractivity contribution in [2.75, 3.05) is 16.0 Å². The van der Waals surface area contributed by atoms with E-state index < -0.39 is 0 Å². The monoisotopic (exact) mass is 457 g/mol. The minimum absolute atomic E-state index is 0.0779. The van der Waals surface area contributed by atoms with E-state index in [1.165, 1.54) is 0 Å². The van der Waals surface area contributed by atoms with Gasteiger partial charge in [0.1, 0.15) is 0 Å². The Morgan fingerprint density at radius 2 is 1.56 bits per heavy atom. The fourth-order valence-electron chi connectivity index (χ4n) is 3.55. The van der Waals surface area contributed by atoms with Gasteiger partial charge < -0.3 is 21.3 Å². The second-order valence-electron chi connectivity index (χ2n) is 8.28. The van der Waals surface area contributed by atoms with Gasteiger partial charge >= 0.3 is 12.1 Å². The topological polar surface area (TPSA) is 112 Å². The maximum atomic E-state index is 12.9.